The maximum absolute atomic E-state index is 12.2. The van der Waals surface area contributed by atoms with Crippen molar-refractivity contribution >= 4 is 17.7 Å². The molecule has 5 heteroatoms. The Kier molecular flexibility index (Phi) is 4.49. The second-order valence-corrected chi connectivity index (χ2v) is 6.98. The first-order chi connectivity index (χ1) is 9.70. The number of hydrogen-bond donors (Lipinski definition) is 1. The molecule has 0 aromatic heterocycles. The van der Waals surface area contributed by atoms with E-state index in [-0.39, 0.29) is 12.6 Å². The molecule has 1 fully saturated rings. The first-order valence-electron chi connectivity index (χ1n) is 7.16. The van der Waals surface area contributed by atoms with Crippen molar-refractivity contribution in [3.05, 3.63) is 34.9 Å². The lowest BCUT2D eigenvalue weighted by molar-refractivity contribution is -0.0465. The zero-order chi connectivity index (χ0) is 15.7. The predicted octanol–water partition coefficient (Wildman–Crippen LogP) is 3.56. The van der Waals surface area contributed by atoms with Crippen LogP contribution in [0.25, 0.3) is 0 Å². The van der Waals surface area contributed by atoms with Gasteiger partial charge in [-0.05, 0) is 51.3 Å². The number of likely N-dealkylation sites (tertiary alicyclic amines) is 1. The van der Waals surface area contributed by atoms with Crippen LogP contribution in [0.2, 0.25) is 5.02 Å². The largest absolute Gasteiger partial charge is 0.444 e. The Morgan fingerprint density at radius 2 is 1.95 bits per heavy atom. The molecule has 4 nitrogen and oxygen atoms in total. The van der Waals surface area contributed by atoms with Gasteiger partial charge in [0.15, 0.2) is 0 Å². The highest BCUT2D eigenvalue weighted by Crippen LogP contribution is 2.32. The van der Waals surface area contributed by atoms with Gasteiger partial charge in [-0.2, -0.15) is 0 Å². The number of ether oxygens (including phenoxy) is 1. The van der Waals surface area contributed by atoms with Crippen molar-refractivity contribution in [1.29, 1.82) is 0 Å². The van der Waals surface area contributed by atoms with E-state index >= 15 is 0 Å². The van der Waals surface area contributed by atoms with E-state index < -0.39 is 11.2 Å². The molecule has 0 bridgehead atoms. The number of benzene rings is 1. The van der Waals surface area contributed by atoms with E-state index in [2.05, 4.69) is 0 Å². The number of carbonyl (C=O) groups is 1. The molecule has 0 spiro atoms. The van der Waals surface area contributed by atoms with Crippen molar-refractivity contribution in [1.82, 2.24) is 4.90 Å². The van der Waals surface area contributed by atoms with Crippen LogP contribution in [0.4, 0.5) is 4.79 Å². The Hall–Kier alpha value is -1.26. The summed E-state index contributed by atoms with van der Waals surface area (Å²) < 4.78 is 5.38. The van der Waals surface area contributed by atoms with Gasteiger partial charge in [0.1, 0.15) is 11.2 Å². The van der Waals surface area contributed by atoms with Crippen LogP contribution in [0.15, 0.2) is 24.3 Å². The lowest BCUT2D eigenvalue weighted by atomic mass is 9.86. The molecule has 0 aliphatic carbocycles. The number of piperidine rings is 1. The van der Waals surface area contributed by atoms with Gasteiger partial charge in [0.2, 0.25) is 0 Å². The highest BCUT2D eigenvalue weighted by atomic mass is 35.5. The average molecular weight is 312 g/mol. The predicted molar refractivity (Wildman–Crippen MR) is 82.4 cm³/mol. The van der Waals surface area contributed by atoms with Gasteiger partial charge < -0.3 is 14.7 Å². The van der Waals surface area contributed by atoms with Crippen LogP contribution in [-0.2, 0) is 10.3 Å². The fraction of sp³-hybridized carbons (Fsp3) is 0.562. The van der Waals surface area contributed by atoms with Crippen molar-refractivity contribution in [2.24, 2.45) is 0 Å². The van der Waals surface area contributed by atoms with Crippen molar-refractivity contribution in [3.8, 4) is 0 Å². The van der Waals surface area contributed by atoms with Crippen molar-refractivity contribution in [2.75, 3.05) is 13.1 Å². The van der Waals surface area contributed by atoms with E-state index in [1.54, 1.807) is 29.2 Å². The zero-order valence-electron chi connectivity index (χ0n) is 12.7. The zero-order valence-corrected chi connectivity index (χ0v) is 13.5. The van der Waals surface area contributed by atoms with Crippen LogP contribution in [0, 0.1) is 0 Å². The SMILES string of the molecule is CC(C)(C)OC(=O)N1CCC[C@@](O)(c2ccc(Cl)cc2)C1. The molecule has 1 aromatic rings. The third kappa shape index (κ3) is 4.11. The molecule has 1 atom stereocenters. The summed E-state index contributed by atoms with van der Waals surface area (Å²) in [5.41, 5.74) is -0.799. The van der Waals surface area contributed by atoms with Crippen LogP contribution in [0.3, 0.4) is 0 Å². The minimum Gasteiger partial charge on any atom is -0.444 e. The summed E-state index contributed by atoms with van der Waals surface area (Å²) in [6.45, 7) is 6.34. The van der Waals surface area contributed by atoms with E-state index in [9.17, 15) is 9.90 Å². The summed E-state index contributed by atoms with van der Waals surface area (Å²) in [6, 6.07) is 7.12. The molecule has 0 unspecified atom stereocenters. The second-order valence-electron chi connectivity index (χ2n) is 6.54. The van der Waals surface area contributed by atoms with Gasteiger partial charge in [-0.25, -0.2) is 4.79 Å². The number of hydrogen-bond acceptors (Lipinski definition) is 3. The minimum absolute atomic E-state index is 0.240. The van der Waals surface area contributed by atoms with Crippen molar-refractivity contribution < 1.29 is 14.6 Å². The smallest absolute Gasteiger partial charge is 0.410 e. The Labute approximate surface area is 130 Å². The van der Waals surface area contributed by atoms with Gasteiger partial charge in [-0.3, -0.25) is 0 Å². The maximum atomic E-state index is 12.2. The molecule has 1 N–H and O–H groups in total. The van der Waals surface area contributed by atoms with E-state index in [4.69, 9.17) is 16.3 Å². The number of halogens is 1. The fourth-order valence-electron chi connectivity index (χ4n) is 2.51. The summed E-state index contributed by atoms with van der Waals surface area (Å²) in [7, 11) is 0. The molecule has 1 saturated heterocycles. The van der Waals surface area contributed by atoms with Gasteiger partial charge in [-0.15, -0.1) is 0 Å². The molecule has 1 amide bonds. The fourth-order valence-corrected chi connectivity index (χ4v) is 2.64. The third-order valence-electron chi connectivity index (χ3n) is 3.50. The number of rotatable bonds is 1. The Morgan fingerprint density at radius 1 is 1.33 bits per heavy atom. The van der Waals surface area contributed by atoms with E-state index in [0.29, 0.717) is 18.0 Å². The Balaban J connectivity index is 2.12. The lowest BCUT2D eigenvalue weighted by Crippen LogP contribution is -2.49. The molecule has 2 rings (SSSR count). The molecule has 21 heavy (non-hydrogen) atoms. The topological polar surface area (TPSA) is 49.8 Å². The van der Waals surface area contributed by atoms with Gasteiger partial charge in [-0.1, -0.05) is 23.7 Å². The van der Waals surface area contributed by atoms with Gasteiger partial charge in [0.25, 0.3) is 0 Å². The summed E-state index contributed by atoms with van der Waals surface area (Å²) >= 11 is 5.88. The summed E-state index contributed by atoms with van der Waals surface area (Å²) in [5, 5.41) is 11.5. The summed E-state index contributed by atoms with van der Waals surface area (Å²) in [6.07, 6.45) is 0.973. The summed E-state index contributed by atoms with van der Waals surface area (Å²) in [5.74, 6) is 0. The molecule has 1 heterocycles. The summed E-state index contributed by atoms with van der Waals surface area (Å²) in [4.78, 5) is 13.7. The highest BCUT2D eigenvalue weighted by molar-refractivity contribution is 6.30. The average Bonchev–Trinajstić information content (AvgIpc) is 2.37. The van der Waals surface area contributed by atoms with Gasteiger partial charge in [0.05, 0.1) is 6.54 Å². The first kappa shape index (κ1) is 16.1. The molecular formula is C16H22ClNO3. The standard InChI is InChI=1S/C16H22ClNO3/c1-15(2,3)21-14(19)18-10-4-9-16(20,11-18)12-5-7-13(17)8-6-12/h5-8,20H,4,9-11H2,1-3H3/t16-/m0/s1. The highest BCUT2D eigenvalue weighted by Gasteiger charge is 2.38. The van der Waals surface area contributed by atoms with E-state index in [1.807, 2.05) is 20.8 Å². The Bertz CT molecular complexity index is 509. The molecule has 0 saturated carbocycles. The molecule has 1 aliphatic heterocycles. The van der Waals surface area contributed by atoms with E-state index in [0.717, 1.165) is 12.0 Å². The molecule has 0 radical (unpaired) electrons. The number of aliphatic hydroxyl groups is 1. The van der Waals surface area contributed by atoms with E-state index in [1.165, 1.54) is 0 Å². The Morgan fingerprint density at radius 3 is 2.52 bits per heavy atom. The number of amides is 1. The molecule has 1 aliphatic rings. The molecule has 116 valence electrons. The lowest BCUT2D eigenvalue weighted by Gasteiger charge is -2.40. The second kappa shape index (κ2) is 5.85. The quantitative estimate of drug-likeness (QED) is 0.862. The molecular weight excluding hydrogens is 290 g/mol. The normalized spacial score (nSPS) is 23.0. The monoisotopic (exact) mass is 311 g/mol. The van der Waals surface area contributed by atoms with Gasteiger partial charge in [0, 0.05) is 11.6 Å². The maximum Gasteiger partial charge on any atom is 0.410 e. The van der Waals surface area contributed by atoms with Gasteiger partial charge >= 0.3 is 6.09 Å². The van der Waals surface area contributed by atoms with Crippen LogP contribution in [0.5, 0.6) is 0 Å². The minimum atomic E-state index is -1.04. The van der Waals surface area contributed by atoms with Crippen LogP contribution < -0.4 is 0 Å². The number of carbonyl (C=O) groups excluding carboxylic acids is 1. The van der Waals surface area contributed by atoms with Crippen molar-refractivity contribution in [3.63, 3.8) is 0 Å². The van der Waals surface area contributed by atoms with Crippen molar-refractivity contribution in [2.45, 2.75) is 44.8 Å². The van der Waals surface area contributed by atoms with Crippen LogP contribution in [0.1, 0.15) is 39.2 Å². The van der Waals surface area contributed by atoms with Crippen LogP contribution >= 0.6 is 11.6 Å². The first-order valence-corrected chi connectivity index (χ1v) is 7.54. The number of β-amino-alcohol motifs (C(OH)–C–C–N with tert-alkyl or cyclic N) is 1. The van der Waals surface area contributed by atoms with Crippen LogP contribution in [-0.4, -0.2) is 34.8 Å². The number of nitrogens with zero attached hydrogens (tertiary/aromatic N) is 1. The third-order valence-corrected chi connectivity index (χ3v) is 3.76. The molecule has 1 aromatic carbocycles.